The second-order valence-electron chi connectivity index (χ2n) is 4.87. The number of oxime groups is 1. The quantitative estimate of drug-likeness (QED) is 0.321. The summed E-state index contributed by atoms with van der Waals surface area (Å²) in [6, 6.07) is 4.36. The minimum atomic E-state index is -0.398. The molecule has 8 nitrogen and oxygen atoms in total. The first kappa shape index (κ1) is 15.7. The first-order valence-corrected chi connectivity index (χ1v) is 7.58. The Kier molecular flexibility index (Phi) is 4.72. The third kappa shape index (κ3) is 3.59. The summed E-state index contributed by atoms with van der Waals surface area (Å²) in [5.74, 6) is -0.0436. The Morgan fingerprint density at radius 2 is 2.30 bits per heavy atom. The maximum absolute atomic E-state index is 13.3. The van der Waals surface area contributed by atoms with E-state index in [1.165, 1.54) is 18.2 Å². The maximum atomic E-state index is 13.3. The third-order valence-corrected chi connectivity index (χ3v) is 3.87. The van der Waals surface area contributed by atoms with E-state index in [-0.39, 0.29) is 22.0 Å². The van der Waals surface area contributed by atoms with E-state index in [4.69, 9.17) is 9.37 Å². The fourth-order valence-electron chi connectivity index (χ4n) is 2.12. The zero-order chi connectivity index (χ0) is 16.2. The van der Waals surface area contributed by atoms with Gasteiger partial charge in [0.05, 0.1) is 17.1 Å². The summed E-state index contributed by atoms with van der Waals surface area (Å²) in [5, 5.41) is 25.9. The molecule has 2 heterocycles. The highest BCUT2D eigenvalue weighted by atomic mass is 79.9. The molecule has 23 heavy (non-hydrogen) atoms. The molecule has 1 saturated heterocycles. The zero-order valence-electron chi connectivity index (χ0n) is 11.8. The van der Waals surface area contributed by atoms with Crippen molar-refractivity contribution in [1.82, 2.24) is 10.3 Å². The molecule has 1 unspecified atom stereocenters. The van der Waals surface area contributed by atoms with E-state index in [1.54, 1.807) is 0 Å². The van der Waals surface area contributed by atoms with Gasteiger partial charge in [-0.3, -0.25) is 0 Å². The largest absolute Gasteiger partial charge is 0.409 e. The lowest BCUT2D eigenvalue weighted by Crippen LogP contribution is -2.23. The number of benzene rings is 1. The summed E-state index contributed by atoms with van der Waals surface area (Å²) in [4.78, 5) is 0. The van der Waals surface area contributed by atoms with Crippen molar-refractivity contribution >= 4 is 33.3 Å². The van der Waals surface area contributed by atoms with E-state index < -0.39 is 5.82 Å². The summed E-state index contributed by atoms with van der Waals surface area (Å²) >= 11 is 3.09. The van der Waals surface area contributed by atoms with E-state index in [0.29, 0.717) is 24.7 Å². The lowest BCUT2D eigenvalue weighted by Gasteiger charge is -2.11. The standard InChI is InChI=1S/C13H13BrFN5O3/c14-9-5-7(1-2-10(9)15)16-12(18-21)11-13(20-23-19-11)17-8-3-4-22-6-8/h1-2,5,8,21H,3-4,6H2,(H,16,18)(H,17,20). The highest BCUT2D eigenvalue weighted by molar-refractivity contribution is 9.10. The molecule has 10 heteroatoms. The summed E-state index contributed by atoms with van der Waals surface area (Å²) in [6.45, 7) is 1.22. The van der Waals surface area contributed by atoms with Crippen LogP contribution in [0.1, 0.15) is 12.1 Å². The molecule has 0 radical (unpaired) electrons. The van der Waals surface area contributed by atoms with E-state index in [1.807, 2.05) is 0 Å². The number of amidine groups is 1. The van der Waals surface area contributed by atoms with Gasteiger partial charge in [-0.15, -0.1) is 0 Å². The molecule has 1 aliphatic rings. The first-order valence-electron chi connectivity index (χ1n) is 6.78. The number of anilines is 2. The minimum Gasteiger partial charge on any atom is -0.409 e. The minimum absolute atomic E-state index is 0.0196. The van der Waals surface area contributed by atoms with Crippen LogP contribution in [0, 0.1) is 5.82 Å². The van der Waals surface area contributed by atoms with Gasteiger partial charge in [-0.05, 0) is 50.9 Å². The van der Waals surface area contributed by atoms with Gasteiger partial charge in [0.25, 0.3) is 0 Å². The third-order valence-electron chi connectivity index (χ3n) is 3.27. The summed E-state index contributed by atoms with van der Waals surface area (Å²) < 4.78 is 23.5. The second kappa shape index (κ2) is 6.92. The van der Waals surface area contributed by atoms with Crippen molar-refractivity contribution < 1.29 is 19.0 Å². The number of hydrogen-bond donors (Lipinski definition) is 3. The fraction of sp³-hybridized carbons (Fsp3) is 0.308. The number of rotatable bonds is 4. The average Bonchev–Trinajstić information content (AvgIpc) is 3.21. The van der Waals surface area contributed by atoms with Crippen molar-refractivity contribution in [1.29, 1.82) is 0 Å². The number of nitrogens with one attached hydrogen (secondary N) is 2. The Labute approximate surface area is 138 Å². The van der Waals surface area contributed by atoms with E-state index in [9.17, 15) is 9.60 Å². The highest BCUT2D eigenvalue weighted by Gasteiger charge is 2.23. The number of halogens is 2. The van der Waals surface area contributed by atoms with Crippen LogP contribution in [0.4, 0.5) is 15.9 Å². The number of ether oxygens (including phenoxy) is 1. The molecule has 1 aromatic heterocycles. The van der Waals surface area contributed by atoms with Gasteiger partial charge in [0.2, 0.25) is 11.7 Å². The second-order valence-corrected chi connectivity index (χ2v) is 5.72. The van der Waals surface area contributed by atoms with Crippen molar-refractivity contribution in [2.75, 3.05) is 23.8 Å². The SMILES string of the molecule is ON=C(Nc1ccc(F)c(Br)c1)c1nonc1NC1CCOC1. The molecule has 2 aromatic rings. The Morgan fingerprint density at radius 3 is 3.00 bits per heavy atom. The van der Waals surface area contributed by atoms with Crippen LogP contribution in [0.25, 0.3) is 0 Å². The Bertz CT molecular complexity index is 717. The molecule has 1 fully saturated rings. The summed E-state index contributed by atoms with van der Waals surface area (Å²) in [6.07, 6.45) is 0.830. The van der Waals surface area contributed by atoms with Crippen LogP contribution >= 0.6 is 15.9 Å². The van der Waals surface area contributed by atoms with E-state index in [0.717, 1.165) is 6.42 Å². The molecular formula is C13H13BrFN5O3. The maximum Gasteiger partial charge on any atom is 0.203 e. The van der Waals surface area contributed by atoms with Crippen LogP contribution in [0.3, 0.4) is 0 Å². The molecule has 0 spiro atoms. The van der Waals surface area contributed by atoms with Gasteiger partial charge in [0.15, 0.2) is 5.69 Å². The molecule has 3 rings (SSSR count). The molecule has 1 atom stereocenters. The van der Waals surface area contributed by atoms with E-state index in [2.05, 4.69) is 42.0 Å². The molecule has 1 aliphatic heterocycles. The predicted molar refractivity (Wildman–Crippen MR) is 83.2 cm³/mol. The molecule has 0 aliphatic carbocycles. The van der Waals surface area contributed by atoms with Crippen molar-refractivity contribution in [2.45, 2.75) is 12.5 Å². The number of hydrogen-bond acceptors (Lipinski definition) is 7. The van der Waals surface area contributed by atoms with Gasteiger partial charge in [0.1, 0.15) is 5.82 Å². The molecule has 0 bridgehead atoms. The van der Waals surface area contributed by atoms with Crippen LogP contribution in [0.2, 0.25) is 0 Å². The Hall–Kier alpha value is -2.20. The Morgan fingerprint density at radius 1 is 1.43 bits per heavy atom. The van der Waals surface area contributed by atoms with Gasteiger partial charge in [0, 0.05) is 12.3 Å². The fourth-order valence-corrected chi connectivity index (χ4v) is 2.50. The predicted octanol–water partition coefficient (Wildman–Crippen LogP) is 2.42. The zero-order valence-corrected chi connectivity index (χ0v) is 13.4. The van der Waals surface area contributed by atoms with Crippen molar-refractivity contribution in [3.8, 4) is 0 Å². The molecule has 0 amide bonds. The first-order chi connectivity index (χ1) is 11.2. The van der Waals surface area contributed by atoms with Gasteiger partial charge >= 0.3 is 0 Å². The summed E-state index contributed by atoms with van der Waals surface area (Å²) in [5.41, 5.74) is 0.712. The van der Waals surface area contributed by atoms with Crippen LogP contribution < -0.4 is 10.6 Å². The molecule has 3 N–H and O–H groups in total. The normalized spacial score (nSPS) is 18.2. The summed E-state index contributed by atoms with van der Waals surface area (Å²) in [7, 11) is 0. The van der Waals surface area contributed by atoms with Gasteiger partial charge in [-0.25, -0.2) is 9.02 Å². The smallest absolute Gasteiger partial charge is 0.203 e. The lowest BCUT2D eigenvalue weighted by molar-refractivity contribution is 0.195. The topological polar surface area (TPSA) is 105 Å². The Balaban J connectivity index is 1.78. The monoisotopic (exact) mass is 385 g/mol. The van der Waals surface area contributed by atoms with Crippen LogP contribution in [-0.4, -0.2) is 40.6 Å². The number of nitrogens with zero attached hydrogens (tertiary/aromatic N) is 3. The lowest BCUT2D eigenvalue weighted by atomic mass is 10.2. The van der Waals surface area contributed by atoms with Gasteiger partial charge in [-0.2, -0.15) is 0 Å². The van der Waals surface area contributed by atoms with Crippen molar-refractivity contribution in [3.05, 3.63) is 34.2 Å². The van der Waals surface area contributed by atoms with Crippen LogP contribution in [0.5, 0.6) is 0 Å². The molecule has 122 valence electrons. The molecule has 0 saturated carbocycles. The van der Waals surface area contributed by atoms with E-state index >= 15 is 0 Å². The number of aromatic nitrogens is 2. The average molecular weight is 386 g/mol. The van der Waals surface area contributed by atoms with Gasteiger partial charge in [-0.1, -0.05) is 5.16 Å². The highest BCUT2D eigenvalue weighted by Crippen LogP contribution is 2.22. The molecular weight excluding hydrogens is 373 g/mol. The van der Waals surface area contributed by atoms with Crippen molar-refractivity contribution in [3.63, 3.8) is 0 Å². The van der Waals surface area contributed by atoms with Crippen LogP contribution in [-0.2, 0) is 4.74 Å². The van der Waals surface area contributed by atoms with Crippen molar-refractivity contribution in [2.24, 2.45) is 5.16 Å². The van der Waals surface area contributed by atoms with Gasteiger partial charge < -0.3 is 20.6 Å². The van der Waals surface area contributed by atoms with Crippen LogP contribution in [0.15, 0.2) is 32.5 Å². The molecule has 1 aromatic carbocycles.